The average molecular weight is 235 g/mol. The molecule has 1 aromatic carbocycles. The Morgan fingerprint density at radius 1 is 1.35 bits per heavy atom. The smallest absolute Gasteiger partial charge is 0.329 e. The summed E-state index contributed by atoms with van der Waals surface area (Å²) in [6.07, 6.45) is 0.188. The number of benzene rings is 1. The quantitative estimate of drug-likeness (QED) is 0.611. The highest BCUT2D eigenvalue weighted by atomic mass is 16.6. The monoisotopic (exact) mass is 235 g/mol. The van der Waals surface area contributed by atoms with Gasteiger partial charge in [-0.1, -0.05) is 12.1 Å². The molecule has 0 amide bonds. The van der Waals surface area contributed by atoms with Gasteiger partial charge in [-0.2, -0.15) is 0 Å². The van der Waals surface area contributed by atoms with Gasteiger partial charge >= 0.3 is 5.97 Å². The summed E-state index contributed by atoms with van der Waals surface area (Å²) in [5.41, 5.74) is 0. The van der Waals surface area contributed by atoms with Crippen molar-refractivity contribution in [1.82, 2.24) is 5.32 Å². The van der Waals surface area contributed by atoms with Crippen LogP contribution >= 0.6 is 0 Å². The van der Waals surface area contributed by atoms with Crippen LogP contribution in [0.2, 0.25) is 0 Å². The van der Waals surface area contributed by atoms with E-state index in [0.717, 1.165) is 0 Å². The van der Waals surface area contributed by atoms with E-state index in [1.54, 1.807) is 24.3 Å². The number of hydrogen-bond acceptors (Lipinski definition) is 5. The van der Waals surface area contributed by atoms with Crippen molar-refractivity contribution in [2.45, 2.75) is 12.5 Å². The van der Waals surface area contributed by atoms with Crippen molar-refractivity contribution < 1.29 is 19.1 Å². The average Bonchev–Trinajstić information content (AvgIpc) is 2.77. The lowest BCUT2D eigenvalue weighted by atomic mass is 10.2. The largest absolute Gasteiger partial charge is 0.493 e. The van der Waals surface area contributed by atoms with E-state index >= 15 is 0 Å². The highest BCUT2D eigenvalue weighted by Crippen LogP contribution is 2.26. The van der Waals surface area contributed by atoms with Gasteiger partial charge in [-0.15, -0.1) is 0 Å². The molecule has 0 aliphatic carbocycles. The first-order valence-electron chi connectivity index (χ1n) is 5.30. The third kappa shape index (κ3) is 2.62. The summed E-state index contributed by atoms with van der Waals surface area (Å²) in [4.78, 5) is 22.8. The predicted octanol–water partition coefficient (Wildman–Crippen LogP) is 0.532. The van der Waals surface area contributed by atoms with Gasteiger partial charge in [0.15, 0.2) is 11.5 Å². The van der Waals surface area contributed by atoms with Crippen molar-refractivity contribution in [2.75, 3.05) is 13.7 Å². The minimum absolute atomic E-state index is 0.0203. The lowest BCUT2D eigenvalue weighted by Gasteiger charge is -2.11. The van der Waals surface area contributed by atoms with Gasteiger partial charge < -0.3 is 9.47 Å². The molecule has 0 aromatic heterocycles. The molecule has 5 nitrogen and oxygen atoms in total. The Hall–Kier alpha value is -1.88. The molecule has 1 aliphatic heterocycles. The van der Waals surface area contributed by atoms with Gasteiger partial charge in [0.05, 0.1) is 13.7 Å². The molecule has 0 radical (unpaired) electrons. The summed E-state index contributed by atoms with van der Waals surface area (Å²) in [5.74, 6) is 0.415. The van der Waals surface area contributed by atoms with Crippen LogP contribution in [-0.2, 0) is 9.59 Å². The normalized spacial score (nSPS) is 19.1. The van der Waals surface area contributed by atoms with Crippen molar-refractivity contribution in [2.24, 2.45) is 0 Å². The molecule has 1 heterocycles. The fourth-order valence-corrected chi connectivity index (χ4v) is 1.66. The second-order valence-corrected chi connectivity index (χ2v) is 3.75. The molecule has 1 atom stereocenters. The maximum absolute atomic E-state index is 11.7. The number of para-hydroxylation sites is 2. The molecule has 17 heavy (non-hydrogen) atoms. The Bertz CT molecular complexity index is 444. The lowest BCUT2D eigenvalue weighted by Crippen LogP contribution is -2.34. The molecule has 90 valence electrons. The van der Waals surface area contributed by atoms with E-state index < -0.39 is 12.0 Å². The van der Waals surface area contributed by atoms with Crippen molar-refractivity contribution >= 4 is 11.8 Å². The predicted molar refractivity (Wildman–Crippen MR) is 60.0 cm³/mol. The van der Waals surface area contributed by atoms with E-state index in [0.29, 0.717) is 11.5 Å². The molecule has 2 rings (SSSR count). The van der Waals surface area contributed by atoms with Gasteiger partial charge in [-0.3, -0.25) is 10.1 Å². The summed E-state index contributed by atoms with van der Waals surface area (Å²) in [6, 6.07) is 6.34. The van der Waals surface area contributed by atoms with Gasteiger partial charge in [-0.25, -0.2) is 4.79 Å². The number of Topliss-reactive ketones (excluding diaryl/α,β-unsaturated/α-hetero) is 1. The molecule has 1 saturated heterocycles. The van der Waals surface area contributed by atoms with Crippen molar-refractivity contribution in [1.29, 1.82) is 0 Å². The van der Waals surface area contributed by atoms with Crippen LogP contribution in [0.4, 0.5) is 0 Å². The fourth-order valence-electron chi connectivity index (χ4n) is 1.66. The molecule has 5 heteroatoms. The van der Waals surface area contributed by atoms with Gasteiger partial charge in [0.2, 0.25) is 0 Å². The minimum atomic E-state index is -0.549. The van der Waals surface area contributed by atoms with Gasteiger partial charge in [0.25, 0.3) is 0 Å². The van der Waals surface area contributed by atoms with Crippen LogP contribution < -0.4 is 14.8 Å². The third-order valence-corrected chi connectivity index (χ3v) is 2.54. The Kier molecular flexibility index (Phi) is 3.39. The second kappa shape index (κ2) is 4.97. The zero-order valence-electron chi connectivity index (χ0n) is 9.43. The first-order chi connectivity index (χ1) is 8.20. The van der Waals surface area contributed by atoms with Crippen LogP contribution in [0.1, 0.15) is 6.42 Å². The number of ketones is 1. The van der Waals surface area contributed by atoms with Crippen LogP contribution in [0.25, 0.3) is 0 Å². The third-order valence-electron chi connectivity index (χ3n) is 2.54. The highest BCUT2D eigenvalue weighted by molar-refractivity contribution is 5.92. The summed E-state index contributed by atoms with van der Waals surface area (Å²) in [6.45, 7) is 0.228. The maximum atomic E-state index is 11.7. The van der Waals surface area contributed by atoms with Crippen LogP contribution in [0.5, 0.6) is 11.5 Å². The second-order valence-electron chi connectivity index (χ2n) is 3.75. The first kappa shape index (κ1) is 11.6. The van der Waals surface area contributed by atoms with Gasteiger partial charge in [-0.05, 0) is 12.1 Å². The van der Waals surface area contributed by atoms with E-state index in [9.17, 15) is 9.59 Å². The van der Waals surface area contributed by atoms with Gasteiger partial charge in [0, 0.05) is 6.42 Å². The zero-order valence-corrected chi connectivity index (χ0v) is 9.43. The summed E-state index contributed by atoms with van der Waals surface area (Å²) in [7, 11) is 1.50. The number of carbonyl (C=O) groups excluding carboxylic acids is 2. The first-order valence-corrected chi connectivity index (χ1v) is 5.30. The Balaban J connectivity index is 2.05. The fraction of sp³-hybridized carbons (Fsp3) is 0.333. The molecule has 0 bridgehead atoms. The number of nitrogens with one attached hydrogen (secondary N) is 1. The van der Waals surface area contributed by atoms with E-state index in [1.807, 2.05) is 0 Å². The van der Waals surface area contributed by atoms with Crippen LogP contribution in [0, 0.1) is 0 Å². The van der Waals surface area contributed by atoms with Crippen molar-refractivity contribution in [3.05, 3.63) is 24.3 Å². The van der Waals surface area contributed by atoms with Gasteiger partial charge in [0.1, 0.15) is 11.8 Å². The molecule has 0 saturated carbocycles. The maximum Gasteiger partial charge on any atom is 0.329 e. The van der Waals surface area contributed by atoms with Crippen molar-refractivity contribution in [3.63, 3.8) is 0 Å². The van der Waals surface area contributed by atoms with E-state index in [-0.39, 0.29) is 18.7 Å². The number of hydrogen-bond donors (Lipinski definition) is 1. The van der Waals surface area contributed by atoms with E-state index in [2.05, 4.69) is 5.32 Å². The molecule has 1 aliphatic rings. The Labute approximate surface area is 98.7 Å². The molecule has 1 fully saturated rings. The number of ether oxygens (including phenoxy) is 2. The number of carbonyl (C=O) groups is 2. The minimum Gasteiger partial charge on any atom is -0.493 e. The van der Waals surface area contributed by atoms with E-state index in [4.69, 9.17) is 9.47 Å². The summed E-state index contributed by atoms with van der Waals surface area (Å²) in [5, 5.41) is 2.80. The molecule has 1 N–H and O–H groups in total. The van der Waals surface area contributed by atoms with Crippen molar-refractivity contribution in [3.8, 4) is 11.5 Å². The molecule has 0 spiro atoms. The van der Waals surface area contributed by atoms with Crippen LogP contribution in [0.3, 0.4) is 0 Å². The highest BCUT2D eigenvalue weighted by Gasteiger charge is 2.29. The Morgan fingerprint density at radius 3 is 2.65 bits per heavy atom. The summed E-state index contributed by atoms with van der Waals surface area (Å²) < 4.78 is 10.3. The SMILES string of the molecule is COc1ccccc1OC(=O)C1CC(=O)CN1. The van der Waals surface area contributed by atoms with Crippen LogP contribution in [0.15, 0.2) is 24.3 Å². The molecular formula is C12H13NO4. The Morgan fingerprint density at radius 2 is 2.06 bits per heavy atom. The summed E-state index contributed by atoms with van der Waals surface area (Å²) >= 11 is 0. The van der Waals surface area contributed by atoms with Crippen LogP contribution in [-0.4, -0.2) is 31.4 Å². The molecule has 1 aromatic rings. The standard InChI is InChI=1S/C12H13NO4/c1-16-10-4-2-3-5-11(10)17-12(15)9-6-8(14)7-13-9/h2-5,9,13H,6-7H2,1H3. The zero-order chi connectivity index (χ0) is 12.3. The number of esters is 1. The number of methoxy groups -OCH3 is 1. The topological polar surface area (TPSA) is 64.6 Å². The molecular weight excluding hydrogens is 222 g/mol. The lowest BCUT2D eigenvalue weighted by molar-refractivity contribution is -0.137. The number of rotatable bonds is 3. The van der Waals surface area contributed by atoms with E-state index in [1.165, 1.54) is 7.11 Å². The molecule has 1 unspecified atom stereocenters.